The number of hydrogen-bond donors (Lipinski definition) is 3. The molecule has 166 valence electrons. The number of rotatable bonds is 7. The molecule has 33 heavy (non-hydrogen) atoms. The van der Waals surface area contributed by atoms with E-state index in [9.17, 15) is 9.59 Å². The first kappa shape index (κ1) is 22.0. The fraction of sp³-hybridized carbons (Fsp3) is 0.0833. The molecule has 0 bridgehead atoms. The Morgan fingerprint density at radius 1 is 1.00 bits per heavy atom. The van der Waals surface area contributed by atoms with Gasteiger partial charge in [-0.3, -0.25) is 9.78 Å². The first-order valence-electron chi connectivity index (χ1n) is 10.1. The number of anilines is 2. The van der Waals surface area contributed by atoms with Crippen molar-refractivity contribution in [3.05, 3.63) is 95.1 Å². The number of nitrogens with zero attached hydrogens (tertiary/aromatic N) is 2. The van der Waals surface area contributed by atoms with Gasteiger partial charge in [-0.15, -0.1) is 11.3 Å². The molecule has 0 radical (unpaired) electrons. The van der Waals surface area contributed by atoms with Crippen LogP contribution >= 0.6 is 11.3 Å². The molecule has 0 aliphatic carbocycles. The van der Waals surface area contributed by atoms with Gasteiger partial charge in [-0.1, -0.05) is 24.3 Å². The SMILES string of the molecule is Nc1ccc(-c2cccs2)nc1NC(=O)c1ccc(CNC(=O)OCc2cccnc2)cc1. The average molecular weight is 460 g/mol. The standard InChI is InChI=1S/C24H21N5O3S/c25-19-9-10-20(21-4-2-12-33-21)28-22(19)29-23(30)18-7-5-16(6-8-18)14-27-24(31)32-15-17-3-1-11-26-13-17/h1-13H,14-15,25H2,(H,27,31)(H,28,29,30). The molecule has 4 N–H and O–H groups in total. The van der Waals surface area contributed by atoms with Crippen LogP contribution in [0.5, 0.6) is 0 Å². The van der Waals surface area contributed by atoms with Crippen LogP contribution in [-0.2, 0) is 17.9 Å². The summed E-state index contributed by atoms with van der Waals surface area (Å²) in [7, 11) is 0. The van der Waals surface area contributed by atoms with E-state index in [1.807, 2.05) is 29.6 Å². The van der Waals surface area contributed by atoms with Gasteiger partial charge in [0.15, 0.2) is 5.82 Å². The van der Waals surface area contributed by atoms with Crippen molar-refractivity contribution in [2.75, 3.05) is 11.1 Å². The quantitative estimate of drug-likeness (QED) is 0.375. The van der Waals surface area contributed by atoms with Gasteiger partial charge in [0, 0.05) is 30.1 Å². The van der Waals surface area contributed by atoms with Crippen molar-refractivity contribution in [3.63, 3.8) is 0 Å². The van der Waals surface area contributed by atoms with E-state index < -0.39 is 6.09 Å². The first-order chi connectivity index (χ1) is 16.1. The van der Waals surface area contributed by atoms with Gasteiger partial charge in [-0.2, -0.15) is 0 Å². The number of nitrogens with one attached hydrogen (secondary N) is 2. The van der Waals surface area contributed by atoms with Crippen LogP contribution < -0.4 is 16.4 Å². The van der Waals surface area contributed by atoms with Crippen molar-refractivity contribution in [1.82, 2.24) is 15.3 Å². The van der Waals surface area contributed by atoms with Crippen molar-refractivity contribution in [2.45, 2.75) is 13.2 Å². The van der Waals surface area contributed by atoms with E-state index in [0.717, 1.165) is 21.7 Å². The number of carbonyl (C=O) groups excluding carboxylic acids is 2. The van der Waals surface area contributed by atoms with E-state index in [2.05, 4.69) is 20.6 Å². The Labute approximate surface area is 194 Å². The fourth-order valence-electron chi connectivity index (χ4n) is 2.94. The first-order valence-corrected chi connectivity index (χ1v) is 11.0. The van der Waals surface area contributed by atoms with E-state index >= 15 is 0 Å². The summed E-state index contributed by atoms with van der Waals surface area (Å²) in [6.45, 7) is 0.411. The fourth-order valence-corrected chi connectivity index (χ4v) is 3.64. The van der Waals surface area contributed by atoms with Crippen molar-refractivity contribution in [1.29, 1.82) is 0 Å². The lowest BCUT2D eigenvalue weighted by molar-refractivity contribution is 0.102. The predicted octanol–water partition coefficient (Wildman–Crippen LogP) is 4.47. The molecule has 0 aliphatic rings. The highest BCUT2D eigenvalue weighted by Gasteiger charge is 2.12. The number of nitrogens with two attached hydrogens (primary N) is 1. The van der Waals surface area contributed by atoms with Crippen LogP contribution in [0, 0.1) is 0 Å². The average Bonchev–Trinajstić information content (AvgIpc) is 3.39. The number of amides is 2. The third-order valence-electron chi connectivity index (χ3n) is 4.68. The number of alkyl carbamates (subject to hydrolysis) is 1. The topological polar surface area (TPSA) is 119 Å². The molecular weight excluding hydrogens is 438 g/mol. The van der Waals surface area contributed by atoms with Crippen molar-refractivity contribution in [3.8, 4) is 10.6 Å². The van der Waals surface area contributed by atoms with Crippen molar-refractivity contribution >= 4 is 34.8 Å². The maximum absolute atomic E-state index is 12.7. The molecule has 0 spiro atoms. The summed E-state index contributed by atoms with van der Waals surface area (Å²) >= 11 is 1.56. The number of nitrogen functional groups attached to an aromatic ring is 1. The molecule has 0 aliphatic heterocycles. The summed E-state index contributed by atoms with van der Waals surface area (Å²) < 4.78 is 5.15. The maximum atomic E-state index is 12.7. The van der Waals surface area contributed by atoms with Crippen LogP contribution in [0.4, 0.5) is 16.3 Å². The molecule has 0 unspecified atom stereocenters. The highest BCUT2D eigenvalue weighted by molar-refractivity contribution is 7.13. The summed E-state index contributed by atoms with van der Waals surface area (Å²) in [6.07, 6.45) is 2.76. The number of thiophene rings is 1. The molecule has 0 saturated carbocycles. The number of benzene rings is 1. The summed E-state index contributed by atoms with van der Waals surface area (Å²) in [6, 6.07) is 17.9. The lowest BCUT2D eigenvalue weighted by Gasteiger charge is -2.10. The van der Waals surface area contributed by atoms with Gasteiger partial charge in [-0.05, 0) is 47.3 Å². The van der Waals surface area contributed by atoms with Gasteiger partial charge in [0.05, 0.1) is 16.3 Å². The Bertz CT molecular complexity index is 1230. The molecule has 0 atom stereocenters. The van der Waals surface area contributed by atoms with Crippen LogP contribution in [0.2, 0.25) is 0 Å². The lowest BCUT2D eigenvalue weighted by atomic mass is 10.1. The zero-order chi connectivity index (χ0) is 23.0. The van der Waals surface area contributed by atoms with Crippen molar-refractivity contribution in [2.24, 2.45) is 0 Å². The number of ether oxygens (including phenoxy) is 1. The molecule has 3 aromatic heterocycles. The van der Waals surface area contributed by atoms with Crippen molar-refractivity contribution < 1.29 is 14.3 Å². The van der Waals surface area contributed by atoms with E-state index in [-0.39, 0.29) is 19.1 Å². The van der Waals surface area contributed by atoms with Crippen LogP contribution in [0.15, 0.2) is 78.4 Å². The Balaban J connectivity index is 1.31. The summed E-state index contributed by atoms with van der Waals surface area (Å²) in [5, 5.41) is 7.40. The lowest BCUT2D eigenvalue weighted by Crippen LogP contribution is -2.23. The van der Waals surface area contributed by atoms with E-state index in [1.165, 1.54) is 0 Å². The van der Waals surface area contributed by atoms with Crippen LogP contribution in [0.1, 0.15) is 21.5 Å². The second-order valence-electron chi connectivity index (χ2n) is 7.05. The van der Waals surface area contributed by atoms with Gasteiger partial charge >= 0.3 is 6.09 Å². The van der Waals surface area contributed by atoms with Gasteiger partial charge in [0.2, 0.25) is 0 Å². The third kappa shape index (κ3) is 5.92. The van der Waals surface area contributed by atoms with E-state index in [4.69, 9.17) is 10.5 Å². The van der Waals surface area contributed by atoms with Crippen LogP contribution in [-0.4, -0.2) is 22.0 Å². The molecule has 8 nitrogen and oxygen atoms in total. The number of hydrogen-bond acceptors (Lipinski definition) is 7. The van der Waals surface area contributed by atoms with Gasteiger partial charge in [-0.25, -0.2) is 9.78 Å². The van der Waals surface area contributed by atoms with Gasteiger partial charge < -0.3 is 21.1 Å². The third-order valence-corrected chi connectivity index (χ3v) is 5.57. The molecule has 2 amide bonds. The zero-order valence-electron chi connectivity index (χ0n) is 17.5. The summed E-state index contributed by atoms with van der Waals surface area (Å²) in [5.74, 6) is -0.0130. The normalized spacial score (nSPS) is 10.4. The second-order valence-corrected chi connectivity index (χ2v) is 8.00. The van der Waals surface area contributed by atoms with E-state index in [0.29, 0.717) is 17.1 Å². The zero-order valence-corrected chi connectivity index (χ0v) is 18.3. The minimum Gasteiger partial charge on any atom is -0.445 e. The van der Waals surface area contributed by atoms with E-state index in [1.54, 1.807) is 60.1 Å². The smallest absolute Gasteiger partial charge is 0.407 e. The highest BCUT2D eigenvalue weighted by Crippen LogP contribution is 2.27. The Hall–Kier alpha value is -4.24. The number of aromatic nitrogens is 2. The largest absolute Gasteiger partial charge is 0.445 e. The Kier molecular flexibility index (Phi) is 6.91. The number of pyridine rings is 2. The molecule has 3 heterocycles. The second kappa shape index (κ2) is 10.4. The molecule has 0 saturated heterocycles. The maximum Gasteiger partial charge on any atom is 0.407 e. The van der Waals surface area contributed by atoms with Gasteiger partial charge in [0.25, 0.3) is 5.91 Å². The van der Waals surface area contributed by atoms with Crippen LogP contribution in [0.3, 0.4) is 0 Å². The molecule has 9 heteroatoms. The Morgan fingerprint density at radius 2 is 1.85 bits per heavy atom. The van der Waals surface area contributed by atoms with Crippen LogP contribution in [0.25, 0.3) is 10.6 Å². The minimum absolute atomic E-state index is 0.142. The Morgan fingerprint density at radius 3 is 2.58 bits per heavy atom. The highest BCUT2D eigenvalue weighted by atomic mass is 32.1. The predicted molar refractivity (Wildman–Crippen MR) is 128 cm³/mol. The molecular formula is C24H21N5O3S. The number of carbonyl (C=O) groups is 2. The molecule has 4 rings (SSSR count). The molecule has 4 aromatic rings. The minimum atomic E-state index is -0.534. The summed E-state index contributed by atoms with van der Waals surface area (Å²) in [5.41, 5.74) is 9.19. The monoisotopic (exact) mass is 459 g/mol. The molecule has 0 fully saturated rings. The van der Waals surface area contributed by atoms with Gasteiger partial charge in [0.1, 0.15) is 6.61 Å². The molecule has 1 aromatic carbocycles. The summed E-state index contributed by atoms with van der Waals surface area (Å²) in [4.78, 5) is 34.0.